The average molecular weight is 587 g/mol. The van der Waals surface area contributed by atoms with Gasteiger partial charge in [0.15, 0.2) is 0 Å². The number of nitro groups is 2. The summed E-state index contributed by atoms with van der Waals surface area (Å²) in [5, 5.41) is 59.3. The summed E-state index contributed by atoms with van der Waals surface area (Å²) in [7, 11) is 3.76. The van der Waals surface area contributed by atoms with Crippen LogP contribution >= 0.6 is 0 Å². The summed E-state index contributed by atoms with van der Waals surface area (Å²) in [6, 6.07) is 5.21. The third-order valence-corrected chi connectivity index (χ3v) is 5.99. The van der Waals surface area contributed by atoms with E-state index >= 15 is 0 Å². The molecule has 41 heavy (non-hydrogen) atoms. The van der Waals surface area contributed by atoms with Crippen LogP contribution in [0.4, 0.5) is 11.4 Å². The van der Waals surface area contributed by atoms with Crippen molar-refractivity contribution < 1.29 is 25.2 Å². The van der Waals surface area contributed by atoms with E-state index in [4.69, 9.17) is 0 Å². The van der Waals surface area contributed by atoms with Crippen LogP contribution in [-0.4, -0.2) is 70.3 Å². The number of non-ortho nitro benzene ring substituents is 2. The van der Waals surface area contributed by atoms with Crippen LogP contribution < -0.4 is 15.3 Å². The Labute approximate surface area is 254 Å². The van der Waals surface area contributed by atoms with E-state index in [9.17, 15) is 35.5 Å². The monoisotopic (exact) mass is 586 g/mol. The van der Waals surface area contributed by atoms with Crippen molar-refractivity contribution in [1.29, 1.82) is 0 Å². The topological polar surface area (TPSA) is 162 Å². The molecule has 0 aliphatic heterocycles. The van der Waals surface area contributed by atoms with E-state index in [0.29, 0.717) is 24.2 Å². The van der Waals surface area contributed by atoms with E-state index in [1.807, 2.05) is 65.4 Å². The summed E-state index contributed by atoms with van der Waals surface area (Å²) in [5.41, 5.74) is -0.354. The van der Waals surface area contributed by atoms with Crippen LogP contribution in [-0.2, 0) is 23.9 Å². The molecule has 2 aromatic rings. The second-order valence-electron chi connectivity index (χ2n) is 12.5. The molecule has 0 saturated carbocycles. The smallest absolute Gasteiger partial charge is 0.872 e. The zero-order chi connectivity index (χ0) is 31.2. The van der Waals surface area contributed by atoms with Gasteiger partial charge in [0.1, 0.15) is 0 Å². The van der Waals surface area contributed by atoms with Crippen LogP contribution in [0.15, 0.2) is 24.3 Å². The molecule has 0 unspecified atom stereocenters. The molecular formula is C29H43AlN4O7. The molecule has 0 heterocycles. The number of rotatable bonds is 9. The molecule has 0 atom stereocenters. The minimum Gasteiger partial charge on any atom is -0.872 e. The number of hydrogen-bond donors (Lipinski definition) is 0. The van der Waals surface area contributed by atoms with E-state index in [-0.39, 0.29) is 64.5 Å². The number of nitrogens with zero attached hydrogens (tertiary/aromatic N) is 4. The van der Waals surface area contributed by atoms with Crippen LogP contribution in [0.3, 0.4) is 0 Å². The molecule has 0 bridgehead atoms. The van der Waals surface area contributed by atoms with E-state index < -0.39 is 26.8 Å². The van der Waals surface area contributed by atoms with Gasteiger partial charge in [0.25, 0.3) is 11.4 Å². The Morgan fingerprint density at radius 3 is 1.29 bits per heavy atom. The summed E-state index contributed by atoms with van der Waals surface area (Å²) in [6.45, 7) is 15.3. The minimum absolute atomic E-state index is 0. The van der Waals surface area contributed by atoms with Gasteiger partial charge in [0.05, 0.1) is 9.85 Å². The zero-order valence-electron chi connectivity index (χ0n) is 25.9. The molecule has 2 aromatic carbocycles. The first-order valence-corrected chi connectivity index (χ1v) is 13.2. The predicted molar refractivity (Wildman–Crippen MR) is 156 cm³/mol. The van der Waals surface area contributed by atoms with Crippen molar-refractivity contribution in [2.75, 3.05) is 27.2 Å². The van der Waals surface area contributed by atoms with Gasteiger partial charge in [-0.15, -0.1) is 17.6 Å². The van der Waals surface area contributed by atoms with E-state index in [2.05, 4.69) is 0 Å². The van der Waals surface area contributed by atoms with Gasteiger partial charge in [0.2, 0.25) is 0 Å². The number of nitro benzene ring substituents is 2. The van der Waals surface area contributed by atoms with Gasteiger partial charge in [0, 0.05) is 50.4 Å². The van der Waals surface area contributed by atoms with Gasteiger partial charge < -0.3 is 20.2 Å². The Kier molecular flexibility index (Phi) is 14.4. The van der Waals surface area contributed by atoms with E-state index in [1.54, 1.807) is 13.8 Å². The third-order valence-electron chi connectivity index (χ3n) is 5.99. The SMILES string of the molecule is CC(C)[O-].CN(C)CCN(Cc1cc([N+](=O)[O-])cc(C(C)(C)C)c1[O-])Cc1cc([N+](=O)[O-])cc(C(C)(C)C)c1[O-].[Al+3]. The molecule has 0 aromatic heterocycles. The van der Waals surface area contributed by atoms with Crippen LogP contribution in [0, 0.1) is 20.2 Å². The molecule has 224 valence electrons. The van der Waals surface area contributed by atoms with Crippen molar-refractivity contribution in [2.24, 2.45) is 0 Å². The van der Waals surface area contributed by atoms with Crippen LogP contribution in [0.5, 0.6) is 11.5 Å². The second kappa shape index (κ2) is 15.5. The molecule has 0 aliphatic rings. The molecule has 0 N–H and O–H groups in total. The van der Waals surface area contributed by atoms with Crippen LogP contribution in [0.2, 0.25) is 0 Å². The Morgan fingerprint density at radius 2 is 1.05 bits per heavy atom. The number of likely N-dealkylation sites (N-methyl/N-ethyl adjacent to an activating group) is 1. The fraction of sp³-hybridized carbons (Fsp3) is 0.586. The van der Waals surface area contributed by atoms with Crippen molar-refractivity contribution in [3.63, 3.8) is 0 Å². The first-order valence-electron chi connectivity index (χ1n) is 13.2. The molecule has 12 heteroatoms. The molecule has 0 fully saturated rings. The fourth-order valence-corrected chi connectivity index (χ4v) is 3.94. The quantitative estimate of drug-likeness (QED) is 0.244. The van der Waals surface area contributed by atoms with Gasteiger partial charge in [-0.2, -0.15) is 0 Å². The van der Waals surface area contributed by atoms with Crippen molar-refractivity contribution in [1.82, 2.24) is 9.80 Å². The van der Waals surface area contributed by atoms with Gasteiger partial charge >= 0.3 is 17.4 Å². The molecule has 0 radical (unpaired) electrons. The largest absolute Gasteiger partial charge is 3.00 e. The molecule has 0 amide bonds. The van der Waals surface area contributed by atoms with Gasteiger partial charge in [-0.1, -0.05) is 55.4 Å². The number of benzene rings is 2. The molecule has 0 saturated heterocycles. The van der Waals surface area contributed by atoms with Crippen LogP contribution in [0.1, 0.15) is 77.6 Å². The molecule has 11 nitrogen and oxygen atoms in total. The zero-order valence-corrected chi connectivity index (χ0v) is 27.1. The second-order valence-corrected chi connectivity index (χ2v) is 12.5. The predicted octanol–water partition coefficient (Wildman–Crippen LogP) is 3.18. The maximum absolute atomic E-state index is 13.3. The Balaban J connectivity index is 0.00000299. The molecule has 0 aliphatic carbocycles. The molecule has 2 rings (SSSR count). The van der Waals surface area contributed by atoms with Crippen molar-refractivity contribution in [3.8, 4) is 11.5 Å². The summed E-state index contributed by atoms with van der Waals surface area (Å²) in [4.78, 5) is 25.9. The van der Waals surface area contributed by atoms with Crippen molar-refractivity contribution in [3.05, 3.63) is 66.7 Å². The molecule has 0 spiro atoms. The third kappa shape index (κ3) is 11.9. The maximum atomic E-state index is 13.3. The number of hydrogen-bond acceptors (Lipinski definition) is 9. The summed E-state index contributed by atoms with van der Waals surface area (Å²) in [6.07, 6.45) is -0.417. The molecular weight excluding hydrogens is 543 g/mol. The average Bonchev–Trinajstić information content (AvgIpc) is 2.77. The maximum Gasteiger partial charge on any atom is 3.00 e. The Morgan fingerprint density at radius 1 is 0.732 bits per heavy atom. The van der Waals surface area contributed by atoms with E-state index in [1.165, 1.54) is 24.3 Å². The first kappa shape index (κ1) is 38.3. The van der Waals surface area contributed by atoms with Crippen molar-refractivity contribution in [2.45, 2.75) is 85.4 Å². The van der Waals surface area contributed by atoms with Crippen LogP contribution in [0.25, 0.3) is 0 Å². The fourth-order valence-electron chi connectivity index (χ4n) is 3.94. The Hall–Kier alpha value is -2.75. The Bertz CT molecular complexity index is 1100. The van der Waals surface area contributed by atoms with Gasteiger partial charge in [-0.05, 0) is 47.2 Å². The van der Waals surface area contributed by atoms with Gasteiger partial charge in [-0.25, -0.2) is 0 Å². The van der Waals surface area contributed by atoms with Crippen molar-refractivity contribution >= 4 is 28.7 Å². The standard InChI is InChI=1S/C26H38N4O6.C3H7O.Al/c1-25(2,3)21-13-19(29(33)34)11-17(23(21)31)15-28(10-9-27(7)8)16-18-12-20(30(35)36)14-22(24(18)32)26(4,5)6;1-3(2)4;/h11-14,31-32H,9-10,15-16H2,1-8H3;3H,1-2H3;/q;-1;+3/p-2. The normalized spacial score (nSPS) is 11.8. The summed E-state index contributed by atoms with van der Waals surface area (Å²) >= 11 is 0. The minimum atomic E-state index is -0.601. The van der Waals surface area contributed by atoms with Gasteiger partial charge in [-0.3, -0.25) is 25.1 Å². The summed E-state index contributed by atoms with van der Waals surface area (Å²) in [5.74, 6) is -0.556. The summed E-state index contributed by atoms with van der Waals surface area (Å²) < 4.78 is 0. The first-order chi connectivity index (χ1) is 18.1. The van der Waals surface area contributed by atoms with E-state index in [0.717, 1.165) is 0 Å².